The zero-order valence-corrected chi connectivity index (χ0v) is 13.7. The number of hydrogen-bond donors (Lipinski definition) is 0. The topological polar surface area (TPSA) is 43.4 Å². The number of aryl methyl sites for hydroxylation is 1. The van der Waals surface area contributed by atoms with Gasteiger partial charge in [-0.25, -0.2) is 8.42 Å². The summed E-state index contributed by atoms with van der Waals surface area (Å²) in [7, 11) is 1.81. The van der Waals surface area contributed by atoms with Crippen LogP contribution in [0.3, 0.4) is 0 Å². The molecule has 1 aromatic carbocycles. The Morgan fingerprint density at radius 3 is 2.35 bits per heavy atom. The lowest BCUT2D eigenvalue weighted by Crippen LogP contribution is -2.18. The molecule has 0 aliphatic rings. The number of hydrogen-bond acceptors (Lipinski definition) is 3. The highest BCUT2D eigenvalue weighted by atomic mass is 35.7. The summed E-state index contributed by atoms with van der Waals surface area (Å²) in [5.74, 6) is 0.660. The average molecular weight is 319 g/mol. The third-order valence-corrected chi connectivity index (χ3v) is 4.49. The van der Waals surface area contributed by atoms with Gasteiger partial charge in [-0.1, -0.05) is 32.4 Å². The molecule has 20 heavy (non-hydrogen) atoms. The minimum absolute atomic E-state index is 0.0420. The largest absolute Gasteiger partial charge is 0.493 e. The van der Waals surface area contributed by atoms with Gasteiger partial charge in [0.2, 0.25) is 9.05 Å². The summed E-state index contributed by atoms with van der Waals surface area (Å²) >= 11 is 0. The van der Waals surface area contributed by atoms with E-state index in [1.54, 1.807) is 0 Å². The molecule has 0 amide bonds. The van der Waals surface area contributed by atoms with Gasteiger partial charge in [-0.3, -0.25) is 0 Å². The van der Waals surface area contributed by atoms with Gasteiger partial charge in [0.05, 0.1) is 12.4 Å². The van der Waals surface area contributed by atoms with Crippen molar-refractivity contribution in [3.63, 3.8) is 0 Å². The van der Waals surface area contributed by atoms with Crippen LogP contribution in [0.25, 0.3) is 0 Å². The van der Waals surface area contributed by atoms with Crippen LogP contribution in [0.5, 0.6) is 5.75 Å². The second-order valence-electron chi connectivity index (χ2n) is 5.04. The molecule has 0 heterocycles. The average Bonchev–Trinajstić information content (AvgIpc) is 2.41. The second kappa shape index (κ2) is 8.53. The molecule has 0 fully saturated rings. The van der Waals surface area contributed by atoms with Crippen molar-refractivity contribution in [2.45, 2.75) is 39.5 Å². The third-order valence-electron chi connectivity index (χ3n) is 3.24. The quantitative estimate of drug-likeness (QED) is 0.646. The normalized spacial score (nSPS) is 13.2. The predicted octanol–water partition coefficient (Wildman–Crippen LogP) is 4.00. The molecular weight excluding hydrogens is 296 g/mol. The third kappa shape index (κ3) is 7.15. The fourth-order valence-corrected chi connectivity index (χ4v) is 3.34. The zero-order valence-electron chi connectivity index (χ0n) is 12.1. The van der Waals surface area contributed by atoms with Gasteiger partial charge in [0.1, 0.15) is 5.75 Å². The van der Waals surface area contributed by atoms with Crippen molar-refractivity contribution in [2.75, 3.05) is 12.4 Å². The Balaban J connectivity index is 2.47. The number of ether oxygens (including phenoxy) is 1. The van der Waals surface area contributed by atoms with Crippen molar-refractivity contribution < 1.29 is 13.2 Å². The summed E-state index contributed by atoms with van der Waals surface area (Å²) in [6.07, 6.45) is 4.18. The molecule has 0 aromatic heterocycles. The van der Waals surface area contributed by atoms with Crippen LogP contribution in [0.4, 0.5) is 0 Å². The number of benzene rings is 1. The number of rotatable bonds is 9. The first kappa shape index (κ1) is 17.3. The Morgan fingerprint density at radius 1 is 1.20 bits per heavy atom. The van der Waals surface area contributed by atoms with E-state index >= 15 is 0 Å². The summed E-state index contributed by atoms with van der Waals surface area (Å²) in [5, 5.41) is 0. The molecule has 0 saturated carbocycles. The van der Waals surface area contributed by atoms with Crippen LogP contribution in [0.15, 0.2) is 24.3 Å². The molecule has 0 aliphatic carbocycles. The Labute approximate surface area is 126 Å². The molecular formula is C15H23ClO3S. The van der Waals surface area contributed by atoms with E-state index in [1.807, 2.05) is 19.1 Å². The Morgan fingerprint density at radius 2 is 1.85 bits per heavy atom. The van der Waals surface area contributed by atoms with Crippen LogP contribution >= 0.6 is 10.7 Å². The minimum atomic E-state index is -3.46. The summed E-state index contributed by atoms with van der Waals surface area (Å²) in [5.41, 5.74) is 1.30. The van der Waals surface area contributed by atoms with E-state index in [2.05, 4.69) is 19.1 Å². The standard InChI is InChI=1S/C15H23ClO3S/c1-3-5-6-14-7-9-15(10-8-14)19-11-13(4-2)12-20(16,17)18/h7-10,13H,3-6,11-12H2,1-2H3. The monoisotopic (exact) mass is 318 g/mol. The molecule has 1 rings (SSSR count). The van der Waals surface area contributed by atoms with Crippen LogP contribution in [0, 0.1) is 5.92 Å². The highest BCUT2D eigenvalue weighted by molar-refractivity contribution is 8.13. The van der Waals surface area contributed by atoms with E-state index in [9.17, 15) is 8.42 Å². The van der Waals surface area contributed by atoms with Crippen LogP contribution in [0.2, 0.25) is 0 Å². The van der Waals surface area contributed by atoms with Crippen LogP contribution in [0.1, 0.15) is 38.7 Å². The van der Waals surface area contributed by atoms with E-state index in [0.717, 1.165) is 18.6 Å². The second-order valence-corrected chi connectivity index (χ2v) is 7.86. The van der Waals surface area contributed by atoms with E-state index in [0.29, 0.717) is 6.61 Å². The van der Waals surface area contributed by atoms with Crippen LogP contribution in [-0.4, -0.2) is 20.8 Å². The summed E-state index contributed by atoms with van der Waals surface area (Å²) < 4.78 is 27.8. The smallest absolute Gasteiger partial charge is 0.232 e. The van der Waals surface area contributed by atoms with Gasteiger partial charge < -0.3 is 4.74 Å². The molecule has 0 saturated heterocycles. The highest BCUT2D eigenvalue weighted by Crippen LogP contribution is 2.17. The van der Waals surface area contributed by atoms with Gasteiger partial charge in [0, 0.05) is 16.6 Å². The lowest BCUT2D eigenvalue weighted by atomic mass is 10.1. The van der Waals surface area contributed by atoms with Crippen molar-refractivity contribution in [1.29, 1.82) is 0 Å². The van der Waals surface area contributed by atoms with Crippen molar-refractivity contribution >= 4 is 19.7 Å². The van der Waals surface area contributed by atoms with Gasteiger partial charge in [-0.05, 0) is 37.0 Å². The summed E-state index contributed by atoms with van der Waals surface area (Å²) in [4.78, 5) is 0. The maximum atomic E-state index is 11.1. The van der Waals surface area contributed by atoms with E-state index < -0.39 is 9.05 Å². The van der Waals surface area contributed by atoms with Crippen molar-refractivity contribution in [3.8, 4) is 5.75 Å². The predicted molar refractivity (Wildman–Crippen MR) is 84.0 cm³/mol. The first-order valence-electron chi connectivity index (χ1n) is 7.08. The van der Waals surface area contributed by atoms with Gasteiger partial charge >= 0.3 is 0 Å². The van der Waals surface area contributed by atoms with Crippen molar-refractivity contribution in [3.05, 3.63) is 29.8 Å². The number of halogens is 1. The Kier molecular flexibility index (Phi) is 7.38. The lowest BCUT2D eigenvalue weighted by molar-refractivity contribution is 0.258. The molecule has 1 atom stereocenters. The first-order valence-corrected chi connectivity index (χ1v) is 9.56. The first-order chi connectivity index (χ1) is 9.44. The Bertz CT molecular complexity index is 482. The molecule has 0 aliphatic heterocycles. The van der Waals surface area contributed by atoms with Gasteiger partial charge in [-0.15, -0.1) is 0 Å². The molecule has 114 valence electrons. The van der Waals surface area contributed by atoms with Crippen LogP contribution in [-0.2, 0) is 15.5 Å². The Hall–Kier alpha value is -0.740. The SMILES string of the molecule is CCCCc1ccc(OCC(CC)CS(=O)(=O)Cl)cc1. The fraction of sp³-hybridized carbons (Fsp3) is 0.600. The van der Waals surface area contributed by atoms with E-state index in [4.69, 9.17) is 15.4 Å². The molecule has 1 aromatic rings. The maximum absolute atomic E-state index is 11.1. The fourth-order valence-electron chi connectivity index (χ4n) is 1.91. The van der Waals surface area contributed by atoms with Crippen molar-refractivity contribution in [2.24, 2.45) is 5.92 Å². The molecule has 3 nitrogen and oxygen atoms in total. The molecule has 0 N–H and O–H groups in total. The molecule has 1 unspecified atom stereocenters. The number of unbranched alkanes of at least 4 members (excludes halogenated alkanes) is 1. The molecule has 0 radical (unpaired) electrons. The van der Waals surface area contributed by atoms with Crippen molar-refractivity contribution in [1.82, 2.24) is 0 Å². The highest BCUT2D eigenvalue weighted by Gasteiger charge is 2.16. The van der Waals surface area contributed by atoms with E-state index in [-0.39, 0.29) is 11.7 Å². The van der Waals surface area contributed by atoms with E-state index in [1.165, 1.54) is 18.4 Å². The lowest BCUT2D eigenvalue weighted by Gasteiger charge is -2.14. The summed E-state index contributed by atoms with van der Waals surface area (Å²) in [6.45, 7) is 4.48. The summed E-state index contributed by atoms with van der Waals surface area (Å²) in [6, 6.07) is 7.99. The molecule has 0 bridgehead atoms. The van der Waals surface area contributed by atoms with Gasteiger partial charge in [0.15, 0.2) is 0 Å². The molecule has 0 spiro atoms. The van der Waals surface area contributed by atoms with Gasteiger partial charge in [0.25, 0.3) is 0 Å². The van der Waals surface area contributed by atoms with Crippen LogP contribution < -0.4 is 4.74 Å². The molecule has 5 heteroatoms. The maximum Gasteiger partial charge on any atom is 0.232 e. The minimum Gasteiger partial charge on any atom is -0.493 e. The van der Waals surface area contributed by atoms with Gasteiger partial charge in [-0.2, -0.15) is 0 Å². The zero-order chi connectivity index (χ0) is 15.0.